The van der Waals surface area contributed by atoms with Gasteiger partial charge in [0.05, 0.1) is 11.4 Å². The maximum absolute atomic E-state index is 10.5. The SMILES string of the molecule is CCn1c(SCC(=O)O)nnc1-c1cc(C)no1. The van der Waals surface area contributed by atoms with E-state index in [4.69, 9.17) is 9.63 Å². The number of carbonyl (C=O) groups is 1. The number of thioether (sulfide) groups is 1. The fourth-order valence-electron chi connectivity index (χ4n) is 1.46. The van der Waals surface area contributed by atoms with Crippen molar-refractivity contribution in [1.82, 2.24) is 19.9 Å². The van der Waals surface area contributed by atoms with Crippen molar-refractivity contribution in [2.75, 3.05) is 5.75 Å². The van der Waals surface area contributed by atoms with E-state index in [1.54, 1.807) is 10.6 Å². The molecule has 0 aliphatic rings. The van der Waals surface area contributed by atoms with Gasteiger partial charge in [-0.3, -0.25) is 9.36 Å². The van der Waals surface area contributed by atoms with E-state index in [0.29, 0.717) is 23.3 Å². The number of hydrogen-bond acceptors (Lipinski definition) is 6. The Morgan fingerprint density at radius 1 is 1.56 bits per heavy atom. The van der Waals surface area contributed by atoms with Crippen molar-refractivity contribution < 1.29 is 14.4 Å². The molecule has 2 aromatic heterocycles. The molecule has 0 atom stereocenters. The summed E-state index contributed by atoms with van der Waals surface area (Å²) in [5, 5.41) is 21.0. The molecule has 2 heterocycles. The Labute approximate surface area is 107 Å². The zero-order valence-electron chi connectivity index (χ0n) is 9.95. The molecule has 0 unspecified atom stereocenters. The Hall–Kier alpha value is -1.83. The summed E-state index contributed by atoms with van der Waals surface area (Å²) in [6.45, 7) is 4.38. The van der Waals surface area contributed by atoms with Crippen LogP contribution < -0.4 is 0 Å². The van der Waals surface area contributed by atoms with E-state index in [-0.39, 0.29) is 5.75 Å². The van der Waals surface area contributed by atoms with Crippen molar-refractivity contribution in [3.8, 4) is 11.6 Å². The Morgan fingerprint density at radius 3 is 2.89 bits per heavy atom. The highest BCUT2D eigenvalue weighted by atomic mass is 32.2. The molecule has 0 amide bonds. The molecular weight excluding hydrogens is 256 g/mol. The lowest BCUT2D eigenvalue weighted by Gasteiger charge is -2.03. The predicted octanol–water partition coefficient (Wildman–Crippen LogP) is 1.44. The zero-order chi connectivity index (χ0) is 13.1. The molecule has 8 heteroatoms. The molecule has 0 spiro atoms. The Bertz CT molecular complexity index is 563. The number of aromatic nitrogens is 4. The van der Waals surface area contributed by atoms with Crippen LogP contribution in [0.3, 0.4) is 0 Å². The van der Waals surface area contributed by atoms with Gasteiger partial charge in [-0.15, -0.1) is 10.2 Å². The molecule has 2 rings (SSSR count). The number of rotatable bonds is 5. The molecule has 2 aromatic rings. The van der Waals surface area contributed by atoms with Gasteiger partial charge >= 0.3 is 5.97 Å². The van der Waals surface area contributed by atoms with Crippen LogP contribution in [-0.2, 0) is 11.3 Å². The molecule has 0 aliphatic heterocycles. The van der Waals surface area contributed by atoms with E-state index in [2.05, 4.69) is 15.4 Å². The Balaban J connectivity index is 2.29. The van der Waals surface area contributed by atoms with E-state index in [1.165, 1.54) is 0 Å². The number of aryl methyl sites for hydroxylation is 1. The molecule has 0 fully saturated rings. The minimum atomic E-state index is -0.886. The second-order valence-corrected chi connectivity index (χ2v) is 4.51. The van der Waals surface area contributed by atoms with Crippen molar-refractivity contribution in [1.29, 1.82) is 0 Å². The Morgan fingerprint density at radius 2 is 2.33 bits per heavy atom. The normalized spacial score (nSPS) is 10.8. The van der Waals surface area contributed by atoms with Gasteiger partial charge in [0.25, 0.3) is 0 Å². The fraction of sp³-hybridized carbons (Fsp3) is 0.400. The van der Waals surface area contributed by atoms with Crippen LogP contribution in [0.1, 0.15) is 12.6 Å². The second kappa shape index (κ2) is 5.21. The summed E-state index contributed by atoms with van der Waals surface area (Å²) in [6, 6.07) is 1.77. The van der Waals surface area contributed by atoms with Crippen LogP contribution in [-0.4, -0.2) is 36.7 Å². The lowest BCUT2D eigenvalue weighted by Crippen LogP contribution is -2.03. The van der Waals surface area contributed by atoms with E-state index in [0.717, 1.165) is 17.5 Å². The monoisotopic (exact) mass is 268 g/mol. The lowest BCUT2D eigenvalue weighted by atomic mass is 10.4. The molecule has 7 nitrogen and oxygen atoms in total. The zero-order valence-corrected chi connectivity index (χ0v) is 10.8. The molecule has 1 N–H and O–H groups in total. The van der Waals surface area contributed by atoms with Gasteiger partial charge in [-0.05, 0) is 13.8 Å². The summed E-state index contributed by atoms with van der Waals surface area (Å²) in [5.74, 6) is 0.158. The third-order valence-electron chi connectivity index (χ3n) is 2.21. The van der Waals surface area contributed by atoms with Gasteiger partial charge < -0.3 is 9.63 Å². The number of nitrogens with zero attached hydrogens (tertiary/aromatic N) is 4. The van der Waals surface area contributed by atoms with Crippen LogP contribution >= 0.6 is 11.8 Å². The minimum absolute atomic E-state index is 0.0480. The first kappa shape index (κ1) is 12.6. The van der Waals surface area contributed by atoms with Gasteiger partial charge in [-0.1, -0.05) is 16.9 Å². The quantitative estimate of drug-likeness (QED) is 0.820. The number of aliphatic carboxylic acids is 1. The van der Waals surface area contributed by atoms with Crippen molar-refractivity contribution >= 4 is 17.7 Å². The summed E-state index contributed by atoms with van der Waals surface area (Å²) in [6.07, 6.45) is 0. The van der Waals surface area contributed by atoms with Gasteiger partial charge in [0.2, 0.25) is 11.6 Å². The largest absolute Gasteiger partial charge is 0.481 e. The molecule has 0 aliphatic carbocycles. The average Bonchev–Trinajstić information content (AvgIpc) is 2.91. The molecule has 0 radical (unpaired) electrons. The molecule has 96 valence electrons. The molecule has 18 heavy (non-hydrogen) atoms. The minimum Gasteiger partial charge on any atom is -0.481 e. The van der Waals surface area contributed by atoms with Crippen LogP contribution in [0.5, 0.6) is 0 Å². The topological polar surface area (TPSA) is 94.0 Å². The summed E-state index contributed by atoms with van der Waals surface area (Å²) >= 11 is 1.13. The van der Waals surface area contributed by atoms with Crippen LogP contribution in [0, 0.1) is 6.92 Å². The van der Waals surface area contributed by atoms with Crippen LogP contribution in [0.15, 0.2) is 15.7 Å². The molecular formula is C10H12N4O3S. The number of carboxylic acid groups (broad SMARTS) is 1. The first-order chi connectivity index (χ1) is 8.61. The molecule has 0 bridgehead atoms. The maximum atomic E-state index is 10.5. The average molecular weight is 268 g/mol. The summed E-state index contributed by atoms with van der Waals surface area (Å²) in [7, 11) is 0. The fourth-order valence-corrected chi connectivity index (χ4v) is 2.18. The van der Waals surface area contributed by atoms with E-state index >= 15 is 0 Å². The van der Waals surface area contributed by atoms with Crippen molar-refractivity contribution in [2.45, 2.75) is 25.5 Å². The summed E-state index contributed by atoms with van der Waals surface area (Å²) in [5.41, 5.74) is 0.760. The third-order valence-corrected chi connectivity index (χ3v) is 3.16. The maximum Gasteiger partial charge on any atom is 0.313 e. The van der Waals surface area contributed by atoms with Crippen molar-refractivity contribution in [2.24, 2.45) is 0 Å². The van der Waals surface area contributed by atoms with Gasteiger partial charge in [-0.25, -0.2) is 0 Å². The highest BCUT2D eigenvalue weighted by Gasteiger charge is 2.17. The van der Waals surface area contributed by atoms with Gasteiger partial charge in [0.1, 0.15) is 0 Å². The van der Waals surface area contributed by atoms with E-state index < -0.39 is 5.97 Å². The van der Waals surface area contributed by atoms with Crippen molar-refractivity contribution in [3.63, 3.8) is 0 Å². The van der Waals surface area contributed by atoms with Gasteiger partial charge in [0, 0.05) is 12.6 Å². The number of carboxylic acids is 1. The Kier molecular flexibility index (Phi) is 3.66. The van der Waals surface area contributed by atoms with Crippen LogP contribution in [0.4, 0.5) is 0 Å². The highest BCUT2D eigenvalue weighted by molar-refractivity contribution is 7.99. The van der Waals surface area contributed by atoms with E-state index in [9.17, 15) is 4.79 Å². The van der Waals surface area contributed by atoms with E-state index in [1.807, 2.05) is 13.8 Å². The molecule has 0 saturated heterocycles. The third kappa shape index (κ3) is 2.53. The van der Waals surface area contributed by atoms with Gasteiger partial charge in [-0.2, -0.15) is 0 Å². The predicted molar refractivity (Wildman–Crippen MR) is 64.3 cm³/mol. The first-order valence-corrected chi connectivity index (χ1v) is 6.32. The summed E-state index contributed by atoms with van der Waals surface area (Å²) < 4.78 is 6.93. The lowest BCUT2D eigenvalue weighted by molar-refractivity contribution is -0.133. The standard InChI is InChI=1S/C10H12N4O3S/c1-3-14-9(7-4-6(2)13-17-7)11-12-10(14)18-5-8(15)16/h4H,3,5H2,1-2H3,(H,15,16). The smallest absolute Gasteiger partial charge is 0.313 e. The molecule has 0 saturated carbocycles. The van der Waals surface area contributed by atoms with Gasteiger partial charge in [0.15, 0.2) is 5.16 Å². The van der Waals surface area contributed by atoms with Crippen LogP contribution in [0.2, 0.25) is 0 Å². The highest BCUT2D eigenvalue weighted by Crippen LogP contribution is 2.24. The number of hydrogen-bond donors (Lipinski definition) is 1. The first-order valence-electron chi connectivity index (χ1n) is 5.33. The molecule has 0 aromatic carbocycles. The second-order valence-electron chi connectivity index (χ2n) is 3.57. The van der Waals surface area contributed by atoms with Crippen molar-refractivity contribution in [3.05, 3.63) is 11.8 Å². The van der Waals surface area contributed by atoms with Crippen LogP contribution in [0.25, 0.3) is 11.6 Å². The summed E-state index contributed by atoms with van der Waals surface area (Å²) in [4.78, 5) is 10.5.